The first kappa shape index (κ1) is 14.0. The van der Waals surface area contributed by atoms with Crippen LogP contribution < -0.4 is 5.73 Å². The van der Waals surface area contributed by atoms with Crippen LogP contribution in [0.3, 0.4) is 0 Å². The third-order valence-electron chi connectivity index (χ3n) is 2.25. The molecule has 0 radical (unpaired) electrons. The van der Waals surface area contributed by atoms with Gasteiger partial charge in [-0.1, -0.05) is 6.92 Å². The minimum atomic E-state index is -0.372. The van der Waals surface area contributed by atoms with E-state index in [1.54, 1.807) is 17.8 Å². The molecule has 0 heterocycles. The Morgan fingerprint density at radius 2 is 2.24 bits per heavy atom. The molecule has 0 aliphatic carbocycles. The van der Waals surface area contributed by atoms with Crippen LogP contribution in [0.1, 0.15) is 18.1 Å². The zero-order valence-corrected chi connectivity index (χ0v) is 10.6. The lowest BCUT2D eigenvalue weighted by Gasteiger charge is -2.08. The van der Waals surface area contributed by atoms with Crippen molar-refractivity contribution in [2.45, 2.75) is 12.7 Å². The van der Waals surface area contributed by atoms with Crippen LogP contribution in [0.4, 0.5) is 4.39 Å². The minimum absolute atomic E-state index is 0.125. The van der Waals surface area contributed by atoms with Crippen LogP contribution in [0.2, 0.25) is 0 Å². The molecule has 1 aromatic carbocycles. The van der Waals surface area contributed by atoms with Gasteiger partial charge in [0.25, 0.3) is 0 Å². The summed E-state index contributed by atoms with van der Waals surface area (Å²) in [5, 5.41) is 16.2. The maximum absolute atomic E-state index is 13.2. The third kappa shape index (κ3) is 4.75. The molecular formula is C12H17FN2OS. The van der Waals surface area contributed by atoms with Gasteiger partial charge in [-0.3, -0.25) is 5.41 Å². The molecule has 0 spiro atoms. The molecule has 3 nitrogen and oxygen atoms in total. The highest BCUT2D eigenvalue weighted by atomic mass is 32.2. The predicted molar refractivity (Wildman–Crippen MR) is 69.8 cm³/mol. The normalized spacial score (nSPS) is 12.4. The summed E-state index contributed by atoms with van der Waals surface area (Å²) < 4.78 is 13.2. The molecule has 94 valence electrons. The molecule has 5 heteroatoms. The lowest BCUT2D eigenvalue weighted by atomic mass is 10.1. The van der Waals surface area contributed by atoms with Crippen LogP contribution in [-0.2, 0) is 5.75 Å². The van der Waals surface area contributed by atoms with Gasteiger partial charge in [0.2, 0.25) is 0 Å². The molecule has 1 atom stereocenters. The molecule has 0 amide bonds. The number of amidine groups is 1. The highest BCUT2D eigenvalue weighted by molar-refractivity contribution is 7.98. The van der Waals surface area contributed by atoms with E-state index in [2.05, 4.69) is 0 Å². The molecular weight excluding hydrogens is 239 g/mol. The summed E-state index contributed by atoms with van der Waals surface area (Å²) in [5.74, 6) is 1.22. The van der Waals surface area contributed by atoms with Gasteiger partial charge in [-0.05, 0) is 35.4 Å². The Kier molecular flexibility index (Phi) is 5.44. The van der Waals surface area contributed by atoms with Crippen molar-refractivity contribution in [1.82, 2.24) is 0 Å². The van der Waals surface area contributed by atoms with E-state index in [-0.39, 0.29) is 24.2 Å². The molecule has 0 aliphatic heterocycles. The number of nitrogen functional groups attached to an aromatic ring is 1. The highest BCUT2D eigenvalue weighted by Gasteiger charge is 2.05. The van der Waals surface area contributed by atoms with Gasteiger partial charge < -0.3 is 10.8 Å². The van der Waals surface area contributed by atoms with Gasteiger partial charge in [0.15, 0.2) is 0 Å². The molecule has 17 heavy (non-hydrogen) atoms. The molecule has 1 aromatic rings. The quantitative estimate of drug-likeness (QED) is 0.538. The van der Waals surface area contributed by atoms with Gasteiger partial charge in [0.1, 0.15) is 11.7 Å². The monoisotopic (exact) mass is 256 g/mol. The van der Waals surface area contributed by atoms with Crippen molar-refractivity contribution < 1.29 is 9.50 Å². The van der Waals surface area contributed by atoms with Crippen molar-refractivity contribution in [2.24, 2.45) is 11.7 Å². The SMILES string of the molecule is CC(CO)CSCc1cc(F)cc(C(=N)N)c1. The topological polar surface area (TPSA) is 70.1 Å². The van der Waals surface area contributed by atoms with E-state index in [1.807, 2.05) is 6.92 Å². The highest BCUT2D eigenvalue weighted by Crippen LogP contribution is 2.17. The number of hydrogen-bond acceptors (Lipinski definition) is 3. The number of rotatable bonds is 6. The average Bonchev–Trinajstić information content (AvgIpc) is 2.28. The summed E-state index contributed by atoms with van der Waals surface area (Å²) in [7, 11) is 0. The first-order valence-electron chi connectivity index (χ1n) is 5.35. The molecule has 0 aromatic heterocycles. The Balaban J connectivity index is 2.62. The Bertz CT molecular complexity index is 398. The van der Waals surface area contributed by atoms with Crippen LogP contribution in [-0.4, -0.2) is 23.3 Å². The number of aliphatic hydroxyl groups is 1. The molecule has 0 saturated carbocycles. The standard InChI is InChI=1S/C12H17FN2OS/c1-8(5-16)6-17-7-9-2-10(12(14)15)4-11(13)3-9/h2-4,8,16H,5-7H2,1H3,(H3,14,15). The number of aliphatic hydroxyl groups excluding tert-OH is 1. The van der Waals surface area contributed by atoms with Crippen molar-refractivity contribution in [2.75, 3.05) is 12.4 Å². The number of thioether (sulfide) groups is 1. The van der Waals surface area contributed by atoms with Crippen molar-refractivity contribution in [3.05, 3.63) is 35.1 Å². The first-order chi connectivity index (χ1) is 8.02. The van der Waals surface area contributed by atoms with Crippen LogP contribution in [0.25, 0.3) is 0 Å². The average molecular weight is 256 g/mol. The van der Waals surface area contributed by atoms with E-state index in [9.17, 15) is 4.39 Å². The second-order valence-electron chi connectivity index (χ2n) is 4.06. The molecule has 4 N–H and O–H groups in total. The second kappa shape index (κ2) is 6.61. The third-order valence-corrected chi connectivity index (χ3v) is 3.59. The van der Waals surface area contributed by atoms with E-state index in [0.29, 0.717) is 11.3 Å². The van der Waals surface area contributed by atoms with Crippen LogP contribution in [0.5, 0.6) is 0 Å². The summed E-state index contributed by atoms with van der Waals surface area (Å²) >= 11 is 1.63. The van der Waals surface area contributed by atoms with Crippen LogP contribution >= 0.6 is 11.8 Å². The minimum Gasteiger partial charge on any atom is -0.396 e. The number of nitrogens with two attached hydrogens (primary N) is 1. The zero-order valence-electron chi connectivity index (χ0n) is 9.74. The lowest BCUT2D eigenvalue weighted by Crippen LogP contribution is -2.11. The smallest absolute Gasteiger partial charge is 0.124 e. The number of benzene rings is 1. The van der Waals surface area contributed by atoms with E-state index < -0.39 is 0 Å². The van der Waals surface area contributed by atoms with E-state index in [0.717, 1.165) is 11.3 Å². The Hall–Kier alpha value is -1.07. The van der Waals surface area contributed by atoms with E-state index in [1.165, 1.54) is 12.1 Å². The van der Waals surface area contributed by atoms with Crippen LogP contribution in [0, 0.1) is 17.1 Å². The molecule has 0 aliphatic rings. The van der Waals surface area contributed by atoms with Crippen molar-refractivity contribution in [3.63, 3.8) is 0 Å². The van der Waals surface area contributed by atoms with Crippen molar-refractivity contribution in [1.29, 1.82) is 5.41 Å². The van der Waals surface area contributed by atoms with E-state index in [4.69, 9.17) is 16.2 Å². The number of hydrogen-bond donors (Lipinski definition) is 3. The van der Waals surface area contributed by atoms with Crippen molar-refractivity contribution in [3.8, 4) is 0 Å². The largest absolute Gasteiger partial charge is 0.396 e. The van der Waals surface area contributed by atoms with Gasteiger partial charge >= 0.3 is 0 Å². The molecule has 0 bridgehead atoms. The zero-order chi connectivity index (χ0) is 12.8. The number of halogens is 1. The number of nitrogens with one attached hydrogen (secondary N) is 1. The fourth-order valence-corrected chi connectivity index (χ4v) is 2.35. The summed E-state index contributed by atoms with van der Waals surface area (Å²) in [5.41, 5.74) is 6.55. The summed E-state index contributed by atoms with van der Waals surface area (Å²) in [4.78, 5) is 0. The maximum Gasteiger partial charge on any atom is 0.124 e. The van der Waals surface area contributed by atoms with Gasteiger partial charge in [-0.25, -0.2) is 4.39 Å². The molecule has 0 saturated heterocycles. The molecule has 0 fully saturated rings. The van der Waals surface area contributed by atoms with Crippen molar-refractivity contribution >= 4 is 17.6 Å². The van der Waals surface area contributed by atoms with Gasteiger partial charge in [-0.15, -0.1) is 0 Å². The first-order valence-corrected chi connectivity index (χ1v) is 6.51. The predicted octanol–water partition coefficient (Wildman–Crippen LogP) is 1.97. The molecule has 1 rings (SSSR count). The van der Waals surface area contributed by atoms with Gasteiger partial charge in [0, 0.05) is 17.9 Å². The Labute approximate surface area is 105 Å². The second-order valence-corrected chi connectivity index (χ2v) is 5.09. The Morgan fingerprint density at radius 3 is 2.82 bits per heavy atom. The fraction of sp³-hybridized carbons (Fsp3) is 0.417. The Morgan fingerprint density at radius 1 is 1.53 bits per heavy atom. The van der Waals surface area contributed by atoms with Crippen LogP contribution in [0.15, 0.2) is 18.2 Å². The molecule has 1 unspecified atom stereocenters. The fourth-order valence-electron chi connectivity index (χ4n) is 1.32. The van der Waals surface area contributed by atoms with Gasteiger partial charge in [-0.2, -0.15) is 11.8 Å². The maximum atomic E-state index is 13.2. The summed E-state index contributed by atoms with van der Waals surface area (Å²) in [6, 6.07) is 4.43. The van der Waals surface area contributed by atoms with E-state index >= 15 is 0 Å². The van der Waals surface area contributed by atoms with Gasteiger partial charge in [0.05, 0.1) is 0 Å². The lowest BCUT2D eigenvalue weighted by molar-refractivity contribution is 0.250. The summed E-state index contributed by atoms with van der Waals surface area (Å²) in [6.45, 7) is 2.12. The summed E-state index contributed by atoms with van der Waals surface area (Å²) in [6.07, 6.45) is 0.